The van der Waals surface area contributed by atoms with E-state index in [1.54, 1.807) is 0 Å². The summed E-state index contributed by atoms with van der Waals surface area (Å²) in [6.45, 7) is 6.90. The molecule has 0 aromatic heterocycles. The summed E-state index contributed by atoms with van der Waals surface area (Å²) in [6.07, 6.45) is 11.7. The first kappa shape index (κ1) is 11.6. The molecule has 0 bridgehead atoms. The van der Waals surface area contributed by atoms with Crippen LogP contribution in [-0.2, 0) is 0 Å². The highest BCUT2D eigenvalue weighted by atomic mass is 14.2. The van der Waals surface area contributed by atoms with Gasteiger partial charge in [-0.2, -0.15) is 0 Å². The molecule has 0 heterocycles. The van der Waals surface area contributed by atoms with Crippen molar-refractivity contribution in [3.8, 4) is 0 Å². The van der Waals surface area contributed by atoms with Crippen molar-refractivity contribution in [2.24, 2.45) is 5.41 Å². The number of hydrogen-bond acceptors (Lipinski definition) is 0. The second-order valence-corrected chi connectivity index (χ2v) is 5.38. The van der Waals surface area contributed by atoms with Gasteiger partial charge in [-0.1, -0.05) is 40.0 Å². The quantitative estimate of drug-likeness (QED) is 0.481. The third-order valence-corrected chi connectivity index (χ3v) is 2.96. The number of rotatable bonds is 0. The lowest BCUT2D eigenvalue weighted by Crippen LogP contribution is -2.08. The van der Waals surface area contributed by atoms with Crippen molar-refractivity contribution in [2.75, 3.05) is 0 Å². The van der Waals surface area contributed by atoms with Crippen LogP contribution < -0.4 is 0 Å². The molecule has 0 atom stereocenters. The van der Waals surface area contributed by atoms with E-state index in [2.05, 4.69) is 32.6 Å². The van der Waals surface area contributed by atoms with Crippen LogP contribution >= 0.6 is 0 Å². The molecular weight excluding hydrogens is 168 g/mol. The van der Waals surface area contributed by atoms with Gasteiger partial charge in [0.15, 0.2) is 0 Å². The highest BCUT2D eigenvalue weighted by Gasteiger charge is 2.16. The summed E-state index contributed by atoms with van der Waals surface area (Å²) in [4.78, 5) is 0. The fourth-order valence-corrected chi connectivity index (χ4v) is 1.94. The van der Waals surface area contributed by atoms with E-state index >= 15 is 0 Å². The molecule has 80 valence electrons. The summed E-state index contributed by atoms with van der Waals surface area (Å²) >= 11 is 0. The lowest BCUT2D eigenvalue weighted by molar-refractivity contribution is 0.470. The van der Waals surface area contributed by atoms with E-state index in [0.717, 1.165) is 0 Å². The SMILES string of the molecule is CC(C)(C)C1=C=CCCCCCCC1. The Balaban J connectivity index is 2.70. The first-order valence-electron chi connectivity index (χ1n) is 6.05. The Labute approximate surface area is 89.1 Å². The van der Waals surface area contributed by atoms with E-state index in [1.807, 2.05) is 0 Å². The molecule has 14 heavy (non-hydrogen) atoms. The van der Waals surface area contributed by atoms with Crippen molar-refractivity contribution < 1.29 is 0 Å². The van der Waals surface area contributed by atoms with Crippen molar-refractivity contribution in [1.29, 1.82) is 0 Å². The summed E-state index contributed by atoms with van der Waals surface area (Å²) in [5.74, 6) is 0. The highest BCUT2D eigenvalue weighted by molar-refractivity contribution is 5.10. The average Bonchev–Trinajstić information content (AvgIpc) is 2.12. The van der Waals surface area contributed by atoms with Crippen LogP contribution in [0.1, 0.15) is 65.7 Å². The maximum Gasteiger partial charge on any atom is -0.00972 e. The largest absolute Gasteiger partial charge is 0.126 e. The molecule has 1 rings (SSSR count). The van der Waals surface area contributed by atoms with Gasteiger partial charge in [0.1, 0.15) is 0 Å². The molecule has 0 nitrogen and oxygen atoms in total. The number of allylic oxidation sites excluding steroid dienone is 1. The Bertz CT molecular complexity index is 221. The molecule has 0 amide bonds. The van der Waals surface area contributed by atoms with Crippen molar-refractivity contribution >= 4 is 0 Å². The first-order valence-corrected chi connectivity index (χ1v) is 6.05. The molecule has 0 heteroatoms. The lowest BCUT2D eigenvalue weighted by atomic mass is 9.83. The Morgan fingerprint density at radius 1 is 1.00 bits per heavy atom. The van der Waals surface area contributed by atoms with Crippen LogP contribution in [0.25, 0.3) is 0 Å². The molecule has 0 unspecified atom stereocenters. The van der Waals surface area contributed by atoms with Crippen LogP contribution in [0.15, 0.2) is 17.4 Å². The van der Waals surface area contributed by atoms with E-state index < -0.39 is 0 Å². The minimum Gasteiger partial charge on any atom is -0.126 e. The maximum atomic E-state index is 3.52. The van der Waals surface area contributed by atoms with E-state index in [1.165, 1.54) is 50.5 Å². The van der Waals surface area contributed by atoms with Gasteiger partial charge < -0.3 is 0 Å². The second-order valence-electron chi connectivity index (χ2n) is 5.38. The predicted molar refractivity (Wildman–Crippen MR) is 63.4 cm³/mol. The topological polar surface area (TPSA) is 0 Å². The fourth-order valence-electron chi connectivity index (χ4n) is 1.94. The summed E-state index contributed by atoms with van der Waals surface area (Å²) in [5.41, 5.74) is 5.35. The molecule has 0 saturated heterocycles. The third kappa shape index (κ3) is 4.15. The molecule has 0 radical (unpaired) electrons. The van der Waals surface area contributed by atoms with E-state index in [9.17, 15) is 0 Å². The van der Waals surface area contributed by atoms with Crippen LogP contribution in [0.2, 0.25) is 0 Å². The molecule has 1 aliphatic carbocycles. The van der Waals surface area contributed by atoms with Crippen molar-refractivity contribution in [2.45, 2.75) is 65.7 Å². The van der Waals surface area contributed by atoms with E-state index in [4.69, 9.17) is 0 Å². The van der Waals surface area contributed by atoms with Crippen LogP contribution in [0.5, 0.6) is 0 Å². The molecule has 0 aromatic rings. The second kappa shape index (κ2) is 5.41. The van der Waals surface area contributed by atoms with Crippen LogP contribution in [0.3, 0.4) is 0 Å². The molecule has 0 saturated carbocycles. The van der Waals surface area contributed by atoms with E-state index in [0.29, 0.717) is 5.41 Å². The third-order valence-electron chi connectivity index (χ3n) is 2.96. The molecule has 0 N–H and O–H groups in total. The normalized spacial score (nSPS) is 20.4. The average molecular weight is 192 g/mol. The molecule has 0 aliphatic heterocycles. The maximum absolute atomic E-state index is 3.52. The van der Waals surface area contributed by atoms with Gasteiger partial charge in [-0.25, -0.2) is 0 Å². The zero-order chi connectivity index (χ0) is 10.4. The summed E-state index contributed by atoms with van der Waals surface area (Å²) in [6, 6.07) is 0. The van der Waals surface area contributed by atoms with Gasteiger partial charge in [-0.05, 0) is 42.7 Å². The molecule has 0 fully saturated rings. The molecule has 0 spiro atoms. The number of hydrogen-bond donors (Lipinski definition) is 0. The first-order chi connectivity index (χ1) is 6.61. The van der Waals surface area contributed by atoms with Gasteiger partial charge in [-0.3, -0.25) is 0 Å². The zero-order valence-corrected chi connectivity index (χ0v) is 10.0. The van der Waals surface area contributed by atoms with Gasteiger partial charge in [0.25, 0.3) is 0 Å². The smallest absolute Gasteiger partial charge is 0.00972 e. The summed E-state index contributed by atoms with van der Waals surface area (Å²) in [5, 5.41) is 0. The predicted octanol–water partition coefficient (Wildman–Crippen LogP) is 4.86. The standard InChI is InChI=1S/C14H24/c1-14(2,3)13-11-9-7-5-4-6-8-10-12-13/h9H,4-8,10,12H2,1-3H3. The highest BCUT2D eigenvalue weighted by Crippen LogP contribution is 2.29. The molecule has 0 aromatic carbocycles. The van der Waals surface area contributed by atoms with E-state index in [-0.39, 0.29) is 0 Å². The Kier molecular flexibility index (Phi) is 4.48. The van der Waals surface area contributed by atoms with Crippen molar-refractivity contribution in [3.63, 3.8) is 0 Å². The fraction of sp³-hybridized carbons (Fsp3) is 0.786. The summed E-state index contributed by atoms with van der Waals surface area (Å²) < 4.78 is 0. The minimum atomic E-state index is 0.315. The van der Waals surface area contributed by atoms with Gasteiger partial charge >= 0.3 is 0 Å². The van der Waals surface area contributed by atoms with Gasteiger partial charge in [0, 0.05) is 0 Å². The van der Waals surface area contributed by atoms with Crippen molar-refractivity contribution in [3.05, 3.63) is 17.4 Å². The van der Waals surface area contributed by atoms with Gasteiger partial charge in [0.05, 0.1) is 0 Å². The van der Waals surface area contributed by atoms with Crippen molar-refractivity contribution in [1.82, 2.24) is 0 Å². The Hall–Kier alpha value is -0.480. The van der Waals surface area contributed by atoms with Gasteiger partial charge in [0.2, 0.25) is 0 Å². The summed E-state index contributed by atoms with van der Waals surface area (Å²) in [7, 11) is 0. The van der Waals surface area contributed by atoms with Crippen LogP contribution in [0, 0.1) is 5.41 Å². The molecular formula is C14H24. The minimum absolute atomic E-state index is 0.315. The Morgan fingerprint density at radius 3 is 2.36 bits per heavy atom. The zero-order valence-electron chi connectivity index (χ0n) is 10.0. The van der Waals surface area contributed by atoms with Crippen LogP contribution in [0.4, 0.5) is 0 Å². The van der Waals surface area contributed by atoms with Crippen LogP contribution in [-0.4, -0.2) is 0 Å². The monoisotopic (exact) mass is 192 g/mol. The Morgan fingerprint density at radius 2 is 1.64 bits per heavy atom. The van der Waals surface area contributed by atoms with Gasteiger partial charge in [-0.15, -0.1) is 5.73 Å². The molecule has 1 aliphatic rings. The lowest BCUT2D eigenvalue weighted by Gasteiger charge is -2.21.